The van der Waals surface area contributed by atoms with Crippen LogP contribution in [-0.4, -0.2) is 5.91 Å². The van der Waals surface area contributed by atoms with Gasteiger partial charge in [-0.1, -0.05) is 29.8 Å². The number of hydrogen-bond donors (Lipinski definition) is 2. The summed E-state index contributed by atoms with van der Waals surface area (Å²) in [4.78, 5) is 11.9. The van der Waals surface area contributed by atoms with E-state index in [4.69, 9.17) is 17.3 Å². The van der Waals surface area contributed by atoms with Gasteiger partial charge in [-0.15, -0.1) is 0 Å². The van der Waals surface area contributed by atoms with Crippen molar-refractivity contribution in [3.8, 4) is 0 Å². The number of nitrogens with two attached hydrogens (primary N) is 1. The maximum atomic E-state index is 13.8. The minimum atomic E-state index is -1.24. The van der Waals surface area contributed by atoms with E-state index in [2.05, 4.69) is 5.32 Å². The van der Waals surface area contributed by atoms with Gasteiger partial charge in [0.2, 0.25) is 5.91 Å². The lowest BCUT2D eigenvalue weighted by atomic mass is 9.90. The molecule has 0 bridgehead atoms. The van der Waals surface area contributed by atoms with E-state index in [0.717, 1.165) is 0 Å². The topological polar surface area (TPSA) is 55.1 Å². The lowest BCUT2D eigenvalue weighted by Crippen LogP contribution is -2.45. The van der Waals surface area contributed by atoms with Crippen LogP contribution >= 0.6 is 11.6 Å². The summed E-state index contributed by atoms with van der Waals surface area (Å²) in [5, 5.41) is 3.56. The molecule has 3 nitrogen and oxygen atoms in total. The summed E-state index contributed by atoms with van der Waals surface area (Å²) in [7, 11) is 0. The highest BCUT2D eigenvalue weighted by Gasteiger charge is 2.33. The van der Waals surface area contributed by atoms with Gasteiger partial charge in [0.15, 0.2) is 0 Å². The summed E-state index contributed by atoms with van der Waals surface area (Å²) >= 11 is 5.93. The van der Waals surface area contributed by atoms with E-state index < -0.39 is 11.4 Å². The van der Waals surface area contributed by atoms with E-state index in [9.17, 15) is 9.18 Å². The predicted molar refractivity (Wildman–Crippen MR) is 82.8 cm³/mol. The molecule has 0 aliphatic carbocycles. The fourth-order valence-electron chi connectivity index (χ4n) is 2.03. The first-order chi connectivity index (χ1) is 9.83. The molecule has 2 rings (SSSR count). The minimum Gasteiger partial charge on any atom is -0.368 e. The standard InChI is InChI=1S/C16H16ClFN2O/c1-10-6-7-11(8-14(10)18)16(2,15(19)21)20-13-5-3-4-12(17)9-13/h3-9,20H,1-2H3,(H2,19,21). The normalized spacial score (nSPS) is 13.5. The largest absolute Gasteiger partial charge is 0.368 e. The van der Waals surface area contributed by atoms with Crippen molar-refractivity contribution < 1.29 is 9.18 Å². The molecular weight excluding hydrogens is 291 g/mol. The van der Waals surface area contributed by atoms with Gasteiger partial charge in [0, 0.05) is 10.7 Å². The molecule has 0 spiro atoms. The quantitative estimate of drug-likeness (QED) is 0.907. The highest BCUT2D eigenvalue weighted by atomic mass is 35.5. The fraction of sp³-hybridized carbons (Fsp3) is 0.188. The van der Waals surface area contributed by atoms with E-state index in [0.29, 0.717) is 21.8 Å². The SMILES string of the molecule is Cc1ccc(C(C)(Nc2cccc(Cl)c2)C(N)=O)cc1F. The Kier molecular flexibility index (Phi) is 4.19. The zero-order chi connectivity index (χ0) is 15.6. The van der Waals surface area contributed by atoms with Crippen LogP contribution in [0, 0.1) is 12.7 Å². The number of nitrogens with one attached hydrogen (secondary N) is 1. The van der Waals surface area contributed by atoms with Crippen LogP contribution in [-0.2, 0) is 10.3 Å². The van der Waals surface area contributed by atoms with Gasteiger partial charge < -0.3 is 11.1 Å². The average Bonchev–Trinajstić information content (AvgIpc) is 2.41. The molecule has 110 valence electrons. The molecule has 0 aliphatic heterocycles. The van der Waals surface area contributed by atoms with Crippen molar-refractivity contribution in [2.45, 2.75) is 19.4 Å². The van der Waals surface area contributed by atoms with Crippen LogP contribution in [0.15, 0.2) is 42.5 Å². The van der Waals surface area contributed by atoms with Crippen molar-refractivity contribution in [2.75, 3.05) is 5.32 Å². The third-order valence-electron chi connectivity index (χ3n) is 3.46. The zero-order valence-corrected chi connectivity index (χ0v) is 12.5. The molecule has 0 fully saturated rings. The molecule has 0 heterocycles. The zero-order valence-electron chi connectivity index (χ0n) is 11.8. The van der Waals surface area contributed by atoms with E-state index >= 15 is 0 Å². The second-order valence-corrected chi connectivity index (χ2v) is 5.52. The molecule has 1 unspecified atom stereocenters. The highest BCUT2D eigenvalue weighted by molar-refractivity contribution is 6.30. The van der Waals surface area contributed by atoms with Crippen LogP contribution < -0.4 is 11.1 Å². The third kappa shape index (κ3) is 3.16. The molecule has 21 heavy (non-hydrogen) atoms. The Morgan fingerprint density at radius 3 is 2.57 bits per heavy atom. The Morgan fingerprint density at radius 2 is 2.00 bits per heavy atom. The summed E-state index contributed by atoms with van der Waals surface area (Å²) in [6.07, 6.45) is 0. The number of primary amides is 1. The molecule has 0 radical (unpaired) electrons. The van der Waals surface area contributed by atoms with Crippen molar-refractivity contribution in [1.82, 2.24) is 0 Å². The van der Waals surface area contributed by atoms with Gasteiger partial charge in [0.1, 0.15) is 11.4 Å². The fourth-order valence-corrected chi connectivity index (χ4v) is 2.23. The summed E-state index contributed by atoms with van der Waals surface area (Å²) in [6, 6.07) is 11.5. The Labute approximate surface area is 127 Å². The first kappa shape index (κ1) is 15.3. The molecule has 0 aromatic heterocycles. The molecule has 0 saturated carbocycles. The molecule has 0 aliphatic rings. The Morgan fingerprint density at radius 1 is 1.29 bits per heavy atom. The lowest BCUT2D eigenvalue weighted by molar-refractivity contribution is -0.122. The second-order valence-electron chi connectivity index (χ2n) is 5.09. The van der Waals surface area contributed by atoms with Gasteiger partial charge >= 0.3 is 0 Å². The Bertz CT molecular complexity index is 690. The van der Waals surface area contributed by atoms with Crippen LogP contribution in [0.2, 0.25) is 5.02 Å². The third-order valence-corrected chi connectivity index (χ3v) is 3.70. The van der Waals surface area contributed by atoms with Gasteiger partial charge in [-0.3, -0.25) is 4.79 Å². The van der Waals surface area contributed by atoms with Crippen LogP contribution in [0.25, 0.3) is 0 Å². The molecule has 2 aromatic carbocycles. The number of halogens is 2. The molecule has 2 aromatic rings. The molecule has 5 heteroatoms. The van der Waals surface area contributed by atoms with Gasteiger partial charge in [-0.25, -0.2) is 4.39 Å². The summed E-state index contributed by atoms with van der Waals surface area (Å²) in [6.45, 7) is 3.27. The highest BCUT2D eigenvalue weighted by Crippen LogP contribution is 2.28. The maximum Gasteiger partial charge on any atom is 0.247 e. The lowest BCUT2D eigenvalue weighted by Gasteiger charge is -2.29. The number of benzene rings is 2. The minimum absolute atomic E-state index is 0.382. The van der Waals surface area contributed by atoms with Gasteiger partial charge in [-0.05, 0) is 49.2 Å². The van der Waals surface area contributed by atoms with Crippen LogP contribution in [0.1, 0.15) is 18.1 Å². The average molecular weight is 307 g/mol. The molecular formula is C16H16ClFN2O. The monoisotopic (exact) mass is 306 g/mol. The first-order valence-corrected chi connectivity index (χ1v) is 6.81. The first-order valence-electron chi connectivity index (χ1n) is 6.43. The predicted octanol–water partition coefficient (Wildman–Crippen LogP) is 3.60. The molecule has 1 atom stereocenters. The van der Waals surface area contributed by atoms with Gasteiger partial charge in [-0.2, -0.15) is 0 Å². The summed E-state index contributed by atoms with van der Waals surface area (Å²) < 4.78 is 13.8. The molecule has 0 saturated heterocycles. The molecule has 1 amide bonds. The van der Waals surface area contributed by atoms with Crippen molar-refractivity contribution >= 4 is 23.2 Å². The van der Waals surface area contributed by atoms with Crippen molar-refractivity contribution in [3.63, 3.8) is 0 Å². The summed E-state index contributed by atoms with van der Waals surface area (Å²) in [5.41, 5.74) is 5.88. The second kappa shape index (κ2) is 5.74. The number of aryl methyl sites for hydroxylation is 1. The van der Waals surface area contributed by atoms with E-state index in [1.54, 1.807) is 50.2 Å². The number of carbonyl (C=O) groups is 1. The van der Waals surface area contributed by atoms with Crippen LogP contribution in [0.3, 0.4) is 0 Å². The number of amides is 1. The summed E-state index contributed by atoms with van der Waals surface area (Å²) in [5.74, 6) is -0.987. The van der Waals surface area contributed by atoms with Crippen molar-refractivity contribution in [3.05, 3.63) is 64.4 Å². The number of hydrogen-bond acceptors (Lipinski definition) is 2. The maximum absolute atomic E-state index is 13.8. The van der Waals surface area contributed by atoms with E-state index in [-0.39, 0.29) is 5.82 Å². The van der Waals surface area contributed by atoms with Gasteiger partial charge in [0.25, 0.3) is 0 Å². The Balaban J connectivity index is 2.45. The van der Waals surface area contributed by atoms with Gasteiger partial charge in [0.05, 0.1) is 0 Å². The van der Waals surface area contributed by atoms with E-state index in [1.165, 1.54) is 6.07 Å². The van der Waals surface area contributed by atoms with Crippen LogP contribution in [0.5, 0.6) is 0 Å². The number of carbonyl (C=O) groups excluding carboxylic acids is 1. The number of anilines is 1. The van der Waals surface area contributed by atoms with Crippen molar-refractivity contribution in [2.24, 2.45) is 5.73 Å². The van der Waals surface area contributed by atoms with E-state index in [1.807, 2.05) is 0 Å². The van der Waals surface area contributed by atoms with Crippen molar-refractivity contribution in [1.29, 1.82) is 0 Å². The van der Waals surface area contributed by atoms with Crippen LogP contribution in [0.4, 0.5) is 10.1 Å². The number of rotatable bonds is 4. The molecule has 3 N–H and O–H groups in total. The Hall–Kier alpha value is -2.07. The smallest absolute Gasteiger partial charge is 0.247 e.